The molecule has 140 valence electrons. The molecule has 0 fully saturated rings. The first-order valence-electron chi connectivity index (χ1n) is 8.65. The van der Waals surface area contributed by atoms with Crippen LogP contribution in [0.4, 0.5) is 9.18 Å². The SMILES string of the molecule is Cc1ccccc1OCCNC(=O)NC(c1ccc(F)cc1)c1cccs1. The largest absolute Gasteiger partial charge is 0.491 e. The number of amides is 2. The number of thiophene rings is 1. The Kier molecular flexibility index (Phi) is 6.44. The predicted molar refractivity (Wildman–Crippen MR) is 106 cm³/mol. The molecule has 0 aliphatic heterocycles. The Hall–Kier alpha value is -2.86. The number of benzene rings is 2. The molecular formula is C21H21FN2O2S. The van der Waals surface area contributed by atoms with Gasteiger partial charge in [-0.3, -0.25) is 0 Å². The van der Waals surface area contributed by atoms with Crippen LogP contribution in [0.5, 0.6) is 5.75 Å². The van der Waals surface area contributed by atoms with Crippen LogP contribution >= 0.6 is 11.3 Å². The normalized spacial score (nSPS) is 11.6. The minimum atomic E-state index is -0.331. The monoisotopic (exact) mass is 384 g/mol. The second kappa shape index (κ2) is 9.19. The van der Waals surface area contributed by atoms with E-state index in [1.54, 1.807) is 12.1 Å². The Labute approximate surface area is 162 Å². The lowest BCUT2D eigenvalue weighted by Gasteiger charge is -2.19. The van der Waals surface area contributed by atoms with Crippen LogP contribution in [0.1, 0.15) is 22.0 Å². The molecule has 0 aliphatic carbocycles. The molecule has 0 saturated heterocycles. The van der Waals surface area contributed by atoms with E-state index in [1.807, 2.05) is 48.7 Å². The van der Waals surface area contributed by atoms with Crippen LogP contribution in [0.2, 0.25) is 0 Å². The molecule has 1 heterocycles. The molecule has 1 atom stereocenters. The van der Waals surface area contributed by atoms with Crippen LogP contribution < -0.4 is 15.4 Å². The molecule has 2 N–H and O–H groups in total. The number of rotatable bonds is 7. The van der Waals surface area contributed by atoms with Crippen molar-refractivity contribution in [2.75, 3.05) is 13.2 Å². The molecule has 0 spiro atoms. The van der Waals surface area contributed by atoms with Gasteiger partial charge >= 0.3 is 6.03 Å². The number of hydrogen-bond acceptors (Lipinski definition) is 3. The third-order valence-electron chi connectivity index (χ3n) is 4.05. The van der Waals surface area contributed by atoms with Crippen LogP contribution in [-0.4, -0.2) is 19.2 Å². The van der Waals surface area contributed by atoms with E-state index in [9.17, 15) is 9.18 Å². The molecule has 6 heteroatoms. The van der Waals surface area contributed by atoms with E-state index in [2.05, 4.69) is 10.6 Å². The fourth-order valence-corrected chi connectivity index (χ4v) is 3.46. The molecule has 2 amide bonds. The average molecular weight is 384 g/mol. The van der Waals surface area contributed by atoms with Gasteiger partial charge < -0.3 is 15.4 Å². The Morgan fingerprint density at radius 3 is 2.59 bits per heavy atom. The number of ether oxygens (including phenoxy) is 1. The fourth-order valence-electron chi connectivity index (χ4n) is 2.66. The second-order valence-electron chi connectivity index (χ2n) is 6.01. The summed E-state index contributed by atoms with van der Waals surface area (Å²) in [6.07, 6.45) is 0. The minimum absolute atomic E-state index is 0.300. The van der Waals surface area contributed by atoms with Crippen LogP contribution in [0.25, 0.3) is 0 Å². The zero-order valence-electron chi connectivity index (χ0n) is 14.9. The summed E-state index contributed by atoms with van der Waals surface area (Å²) in [4.78, 5) is 13.3. The molecule has 2 aromatic carbocycles. The van der Waals surface area contributed by atoms with Gasteiger partial charge in [-0.15, -0.1) is 11.3 Å². The van der Waals surface area contributed by atoms with Crippen molar-refractivity contribution in [3.05, 3.63) is 87.9 Å². The fraction of sp³-hybridized carbons (Fsp3) is 0.190. The third kappa shape index (κ3) is 5.31. The van der Waals surface area contributed by atoms with E-state index >= 15 is 0 Å². The minimum Gasteiger partial charge on any atom is -0.491 e. The molecule has 27 heavy (non-hydrogen) atoms. The standard InChI is InChI=1S/C21H21FN2O2S/c1-15-5-2-3-6-18(15)26-13-12-23-21(25)24-20(19-7-4-14-27-19)16-8-10-17(22)11-9-16/h2-11,14,20H,12-13H2,1H3,(H2,23,24,25). The smallest absolute Gasteiger partial charge is 0.315 e. The topological polar surface area (TPSA) is 50.4 Å². The molecule has 0 aliphatic rings. The van der Waals surface area contributed by atoms with E-state index in [4.69, 9.17) is 4.74 Å². The molecule has 1 aromatic heterocycles. The molecule has 1 unspecified atom stereocenters. The van der Waals surface area contributed by atoms with Crippen molar-refractivity contribution < 1.29 is 13.9 Å². The van der Waals surface area contributed by atoms with E-state index in [0.29, 0.717) is 13.2 Å². The summed E-state index contributed by atoms with van der Waals surface area (Å²) in [5.74, 6) is 0.504. The van der Waals surface area contributed by atoms with Gasteiger partial charge in [-0.2, -0.15) is 0 Å². The maximum Gasteiger partial charge on any atom is 0.315 e. The Morgan fingerprint density at radius 2 is 1.89 bits per heavy atom. The van der Waals surface area contributed by atoms with Crippen molar-refractivity contribution >= 4 is 17.4 Å². The van der Waals surface area contributed by atoms with Gasteiger partial charge in [0.2, 0.25) is 0 Å². The van der Waals surface area contributed by atoms with Crippen LogP contribution in [0.3, 0.4) is 0 Å². The van der Waals surface area contributed by atoms with Crippen LogP contribution in [-0.2, 0) is 0 Å². The molecule has 0 bridgehead atoms. The molecule has 3 aromatic rings. The van der Waals surface area contributed by atoms with E-state index in [1.165, 1.54) is 23.5 Å². The number of aryl methyl sites for hydroxylation is 1. The third-order valence-corrected chi connectivity index (χ3v) is 4.98. The van der Waals surface area contributed by atoms with Gasteiger partial charge in [0.1, 0.15) is 18.2 Å². The average Bonchev–Trinajstić information content (AvgIpc) is 3.20. The van der Waals surface area contributed by atoms with Crippen molar-refractivity contribution in [1.82, 2.24) is 10.6 Å². The van der Waals surface area contributed by atoms with Gasteiger partial charge in [-0.05, 0) is 47.7 Å². The Morgan fingerprint density at radius 1 is 1.11 bits per heavy atom. The molecule has 0 radical (unpaired) electrons. The predicted octanol–water partition coefficient (Wildman–Crippen LogP) is 4.66. The lowest BCUT2D eigenvalue weighted by molar-refractivity contribution is 0.234. The van der Waals surface area contributed by atoms with Crippen molar-refractivity contribution in [3.63, 3.8) is 0 Å². The van der Waals surface area contributed by atoms with Crippen molar-refractivity contribution in [3.8, 4) is 5.75 Å². The van der Waals surface area contributed by atoms with Gasteiger partial charge in [-0.25, -0.2) is 9.18 Å². The lowest BCUT2D eigenvalue weighted by Crippen LogP contribution is -2.39. The number of para-hydroxylation sites is 1. The summed E-state index contributed by atoms with van der Waals surface area (Å²) in [6.45, 7) is 2.73. The highest BCUT2D eigenvalue weighted by molar-refractivity contribution is 7.10. The Balaban J connectivity index is 1.55. The van der Waals surface area contributed by atoms with Gasteiger partial charge in [0.25, 0.3) is 0 Å². The summed E-state index contributed by atoms with van der Waals surface area (Å²) in [6, 6.07) is 17.1. The zero-order chi connectivity index (χ0) is 19.1. The zero-order valence-corrected chi connectivity index (χ0v) is 15.8. The van der Waals surface area contributed by atoms with E-state index in [0.717, 1.165) is 21.8 Å². The number of carbonyl (C=O) groups is 1. The summed E-state index contributed by atoms with van der Waals surface area (Å²) in [5.41, 5.74) is 1.88. The highest BCUT2D eigenvalue weighted by Gasteiger charge is 2.17. The number of urea groups is 1. The first-order valence-corrected chi connectivity index (χ1v) is 9.53. The van der Waals surface area contributed by atoms with Crippen LogP contribution in [0.15, 0.2) is 66.0 Å². The summed E-state index contributed by atoms with van der Waals surface area (Å²) < 4.78 is 18.9. The number of halogens is 1. The highest BCUT2D eigenvalue weighted by atomic mass is 32.1. The molecule has 4 nitrogen and oxygen atoms in total. The van der Waals surface area contributed by atoms with E-state index in [-0.39, 0.29) is 17.9 Å². The first kappa shape index (κ1) is 18.9. The summed E-state index contributed by atoms with van der Waals surface area (Å²) in [5, 5.41) is 7.69. The van der Waals surface area contributed by atoms with Gasteiger partial charge in [0, 0.05) is 4.88 Å². The molecular weight excluding hydrogens is 363 g/mol. The molecule has 3 rings (SSSR count). The lowest BCUT2D eigenvalue weighted by atomic mass is 10.1. The maximum atomic E-state index is 13.2. The Bertz CT molecular complexity index is 866. The van der Waals surface area contributed by atoms with Gasteiger partial charge in [0.15, 0.2) is 0 Å². The quantitative estimate of drug-likeness (QED) is 0.582. The summed E-state index contributed by atoms with van der Waals surface area (Å²) in [7, 11) is 0. The maximum absolute atomic E-state index is 13.2. The number of carbonyl (C=O) groups excluding carboxylic acids is 1. The van der Waals surface area contributed by atoms with Crippen molar-refractivity contribution in [2.45, 2.75) is 13.0 Å². The van der Waals surface area contributed by atoms with Crippen molar-refractivity contribution in [1.29, 1.82) is 0 Å². The van der Waals surface area contributed by atoms with Crippen LogP contribution in [0, 0.1) is 12.7 Å². The number of nitrogens with one attached hydrogen (secondary N) is 2. The first-order chi connectivity index (χ1) is 13.1. The van der Waals surface area contributed by atoms with Crippen molar-refractivity contribution in [2.24, 2.45) is 0 Å². The van der Waals surface area contributed by atoms with Gasteiger partial charge in [0.05, 0.1) is 12.6 Å². The molecule has 0 saturated carbocycles. The van der Waals surface area contributed by atoms with E-state index < -0.39 is 0 Å². The highest BCUT2D eigenvalue weighted by Crippen LogP contribution is 2.26. The van der Waals surface area contributed by atoms with Gasteiger partial charge in [-0.1, -0.05) is 36.4 Å². The number of hydrogen-bond donors (Lipinski definition) is 2. The second-order valence-corrected chi connectivity index (χ2v) is 6.99. The summed E-state index contributed by atoms with van der Waals surface area (Å²) >= 11 is 1.54.